The Labute approximate surface area is 235 Å². The number of carbonyl (C=O) groups excluding carboxylic acids is 1. The van der Waals surface area contributed by atoms with Crippen LogP contribution in [0.3, 0.4) is 0 Å². The van der Waals surface area contributed by atoms with E-state index in [1.54, 1.807) is 24.3 Å². The minimum Gasteiger partial charge on any atom is -0.367 e. The van der Waals surface area contributed by atoms with Crippen molar-refractivity contribution in [1.82, 2.24) is 9.21 Å². The zero-order valence-corrected chi connectivity index (χ0v) is 23.2. The standard InChI is InChI=1S/C33H32N2O4S/c1-24-16-18-28(19-17-24)40(37,38)35-22-31-32(39-23-26-12-6-3-7-13-26)29-15-9-8-14-27(29)21-34(31)33(36)30(35)20-25-10-4-2-5-11-25/h2-19,30-32H,20-23H2,1H3/t30-,31-,32+/m0/s1. The van der Waals surface area contributed by atoms with Crippen LogP contribution in [0.1, 0.15) is 33.9 Å². The molecule has 1 fully saturated rings. The Morgan fingerprint density at radius 1 is 0.800 bits per heavy atom. The molecule has 7 heteroatoms. The maximum Gasteiger partial charge on any atom is 0.243 e. The van der Waals surface area contributed by atoms with Crippen molar-refractivity contribution >= 4 is 15.9 Å². The molecule has 3 atom stereocenters. The van der Waals surface area contributed by atoms with Crippen molar-refractivity contribution in [3.8, 4) is 0 Å². The van der Waals surface area contributed by atoms with Gasteiger partial charge in [0.05, 0.1) is 17.5 Å². The van der Waals surface area contributed by atoms with Gasteiger partial charge in [0.15, 0.2) is 0 Å². The summed E-state index contributed by atoms with van der Waals surface area (Å²) >= 11 is 0. The molecule has 6 rings (SSSR count). The summed E-state index contributed by atoms with van der Waals surface area (Å²) in [5.74, 6) is -0.196. The minimum absolute atomic E-state index is 0.146. The number of nitrogens with zero attached hydrogens (tertiary/aromatic N) is 2. The van der Waals surface area contributed by atoms with Gasteiger partial charge in [0.1, 0.15) is 12.1 Å². The van der Waals surface area contributed by atoms with E-state index in [1.807, 2.05) is 96.8 Å². The molecular formula is C33H32N2O4S. The molecule has 40 heavy (non-hydrogen) atoms. The van der Waals surface area contributed by atoms with Gasteiger partial charge in [-0.05, 0) is 47.7 Å². The lowest BCUT2D eigenvalue weighted by atomic mass is 9.87. The summed E-state index contributed by atoms with van der Waals surface area (Å²) in [6.45, 7) is 2.85. The van der Waals surface area contributed by atoms with Gasteiger partial charge in [0.25, 0.3) is 0 Å². The topological polar surface area (TPSA) is 66.9 Å². The number of hydrogen-bond donors (Lipinski definition) is 0. The summed E-state index contributed by atoms with van der Waals surface area (Å²) in [5.41, 5.74) is 4.93. The largest absolute Gasteiger partial charge is 0.367 e. The van der Waals surface area contributed by atoms with Crippen LogP contribution in [0.2, 0.25) is 0 Å². The number of fused-ring (bicyclic) bond motifs is 2. The lowest BCUT2D eigenvalue weighted by Gasteiger charge is -2.50. The first kappa shape index (κ1) is 26.4. The normalized spacial score (nSPS) is 21.1. The fraction of sp³-hybridized carbons (Fsp3) is 0.242. The number of rotatable bonds is 7. The zero-order chi connectivity index (χ0) is 27.7. The second-order valence-corrected chi connectivity index (χ2v) is 12.4. The maximum absolute atomic E-state index is 14.3. The van der Waals surface area contributed by atoms with E-state index >= 15 is 0 Å². The first-order chi connectivity index (χ1) is 19.4. The molecule has 0 bridgehead atoms. The molecule has 204 valence electrons. The highest BCUT2D eigenvalue weighted by molar-refractivity contribution is 7.89. The Morgan fingerprint density at radius 3 is 2.12 bits per heavy atom. The van der Waals surface area contributed by atoms with Gasteiger partial charge in [-0.2, -0.15) is 4.31 Å². The maximum atomic E-state index is 14.3. The van der Waals surface area contributed by atoms with E-state index in [1.165, 1.54) is 4.31 Å². The third kappa shape index (κ3) is 5.08. The van der Waals surface area contributed by atoms with Crippen molar-refractivity contribution < 1.29 is 17.9 Å². The molecule has 4 aromatic carbocycles. The molecular weight excluding hydrogens is 520 g/mol. The molecule has 2 aliphatic heterocycles. The summed E-state index contributed by atoms with van der Waals surface area (Å²) in [5, 5.41) is 0. The highest BCUT2D eigenvalue weighted by Crippen LogP contribution is 2.40. The van der Waals surface area contributed by atoms with Crippen LogP contribution in [0.5, 0.6) is 0 Å². The van der Waals surface area contributed by atoms with Gasteiger partial charge in [0, 0.05) is 13.1 Å². The van der Waals surface area contributed by atoms with Crippen molar-refractivity contribution in [2.24, 2.45) is 0 Å². The third-order valence-electron chi connectivity index (χ3n) is 7.91. The molecule has 1 saturated heterocycles. The number of aryl methyl sites for hydroxylation is 1. The molecule has 0 N–H and O–H groups in total. The Hall–Kier alpha value is -3.78. The van der Waals surface area contributed by atoms with Crippen LogP contribution in [0.4, 0.5) is 0 Å². The van der Waals surface area contributed by atoms with Crippen LogP contribution in [0.25, 0.3) is 0 Å². The van der Waals surface area contributed by atoms with Gasteiger partial charge in [-0.3, -0.25) is 4.79 Å². The molecule has 0 aliphatic carbocycles. The molecule has 0 unspecified atom stereocenters. The van der Waals surface area contributed by atoms with Crippen LogP contribution in [0, 0.1) is 6.92 Å². The number of sulfonamides is 1. The number of ether oxygens (including phenoxy) is 1. The average Bonchev–Trinajstić information content (AvgIpc) is 2.98. The zero-order valence-electron chi connectivity index (χ0n) is 22.4. The Balaban J connectivity index is 1.41. The predicted octanol–water partition coefficient (Wildman–Crippen LogP) is 5.28. The lowest BCUT2D eigenvalue weighted by molar-refractivity contribution is -0.152. The number of piperazine rings is 1. The summed E-state index contributed by atoms with van der Waals surface area (Å²) in [6, 6.07) is 33.0. The van der Waals surface area contributed by atoms with Crippen LogP contribution >= 0.6 is 0 Å². The number of benzene rings is 4. The van der Waals surface area contributed by atoms with Gasteiger partial charge in [-0.15, -0.1) is 0 Å². The lowest BCUT2D eigenvalue weighted by Crippen LogP contribution is -2.65. The van der Waals surface area contributed by atoms with Crippen molar-refractivity contribution in [2.45, 2.75) is 49.6 Å². The van der Waals surface area contributed by atoms with E-state index in [2.05, 4.69) is 0 Å². The van der Waals surface area contributed by atoms with Gasteiger partial charge < -0.3 is 9.64 Å². The van der Waals surface area contributed by atoms with Crippen LogP contribution in [-0.4, -0.2) is 42.2 Å². The molecule has 0 saturated carbocycles. The minimum atomic E-state index is -3.97. The highest BCUT2D eigenvalue weighted by Gasteiger charge is 2.50. The van der Waals surface area contributed by atoms with Crippen LogP contribution in [0.15, 0.2) is 114 Å². The quantitative estimate of drug-likeness (QED) is 0.313. The van der Waals surface area contributed by atoms with E-state index in [9.17, 15) is 13.2 Å². The van der Waals surface area contributed by atoms with Crippen molar-refractivity contribution in [2.75, 3.05) is 6.54 Å². The van der Waals surface area contributed by atoms with Gasteiger partial charge in [-0.1, -0.05) is 103 Å². The van der Waals surface area contributed by atoms with E-state index in [4.69, 9.17) is 4.74 Å². The molecule has 0 aromatic heterocycles. The van der Waals surface area contributed by atoms with Gasteiger partial charge in [0.2, 0.25) is 15.9 Å². The Bertz CT molecular complexity index is 1590. The van der Waals surface area contributed by atoms with Gasteiger partial charge >= 0.3 is 0 Å². The summed E-state index contributed by atoms with van der Waals surface area (Å²) in [7, 11) is -3.97. The number of amides is 1. The number of hydrogen-bond acceptors (Lipinski definition) is 4. The molecule has 1 amide bonds. The molecule has 2 aliphatic rings. The molecule has 4 aromatic rings. The molecule has 0 spiro atoms. The fourth-order valence-corrected chi connectivity index (χ4v) is 7.39. The number of carbonyl (C=O) groups is 1. The SMILES string of the molecule is Cc1ccc(S(=O)(=O)N2C[C@H]3[C@H](OCc4ccccc4)c4ccccc4CN3C(=O)[C@@H]2Cc2ccccc2)cc1. The molecule has 2 heterocycles. The van der Waals surface area contributed by atoms with Crippen molar-refractivity contribution in [1.29, 1.82) is 0 Å². The predicted molar refractivity (Wildman–Crippen MR) is 154 cm³/mol. The van der Waals surface area contributed by atoms with Gasteiger partial charge in [-0.25, -0.2) is 8.42 Å². The second kappa shape index (κ2) is 11.0. The summed E-state index contributed by atoms with van der Waals surface area (Å²) < 4.78 is 36.3. The highest BCUT2D eigenvalue weighted by atomic mass is 32.2. The monoisotopic (exact) mass is 552 g/mol. The van der Waals surface area contributed by atoms with E-state index in [0.717, 1.165) is 27.8 Å². The van der Waals surface area contributed by atoms with E-state index < -0.39 is 28.2 Å². The fourth-order valence-electron chi connectivity index (χ4n) is 5.79. The first-order valence-corrected chi connectivity index (χ1v) is 15.0. The summed E-state index contributed by atoms with van der Waals surface area (Å²) in [4.78, 5) is 16.3. The third-order valence-corrected chi connectivity index (χ3v) is 9.80. The Morgan fingerprint density at radius 2 is 1.43 bits per heavy atom. The van der Waals surface area contributed by atoms with E-state index in [-0.39, 0.29) is 17.3 Å². The Kier molecular flexibility index (Phi) is 7.27. The molecule has 6 nitrogen and oxygen atoms in total. The van der Waals surface area contributed by atoms with Crippen LogP contribution < -0.4 is 0 Å². The summed E-state index contributed by atoms with van der Waals surface area (Å²) in [6.07, 6.45) is -0.173. The second-order valence-electron chi connectivity index (χ2n) is 10.5. The average molecular weight is 553 g/mol. The first-order valence-electron chi connectivity index (χ1n) is 13.6. The molecule has 0 radical (unpaired) electrons. The van der Waals surface area contributed by atoms with Crippen molar-refractivity contribution in [3.05, 3.63) is 137 Å². The van der Waals surface area contributed by atoms with E-state index in [0.29, 0.717) is 19.6 Å². The van der Waals surface area contributed by atoms with Crippen molar-refractivity contribution in [3.63, 3.8) is 0 Å². The van der Waals surface area contributed by atoms with Crippen LogP contribution in [-0.2, 0) is 39.1 Å². The smallest absolute Gasteiger partial charge is 0.243 e.